The fourth-order valence-corrected chi connectivity index (χ4v) is 4.31. The molecule has 6 nitrogen and oxygen atoms in total. The van der Waals surface area contributed by atoms with Crippen molar-refractivity contribution in [3.63, 3.8) is 0 Å². The third-order valence-corrected chi connectivity index (χ3v) is 5.60. The van der Waals surface area contributed by atoms with Crippen LogP contribution in [-0.2, 0) is 4.79 Å². The second-order valence-corrected chi connectivity index (χ2v) is 7.30. The van der Waals surface area contributed by atoms with Crippen LogP contribution in [0.5, 0.6) is 0 Å². The predicted octanol–water partition coefficient (Wildman–Crippen LogP) is 2.51. The van der Waals surface area contributed by atoms with Gasteiger partial charge >= 0.3 is 0 Å². The third-order valence-electron chi connectivity index (χ3n) is 4.59. The number of rotatable bonds is 3. The maximum atomic E-state index is 13.4. The highest BCUT2D eigenvalue weighted by molar-refractivity contribution is 7.99. The first-order valence-corrected chi connectivity index (χ1v) is 9.59. The molecule has 136 valence electrons. The number of halogens is 1. The van der Waals surface area contributed by atoms with Crippen LogP contribution in [-0.4, -0.2) is 52.9 Å². The van der Waals surface area contributed by atoms with Gasteiger partial charge < -0.3 is 9.80 Å². The number of carbonyl (C=O) groups is 1. The molecule has 2 aromatic rings. The van der Waals surface area contributed by atoms with Crippen molar-refractivity contribution in [3.05, 3.63) is 48.0 Å². The monoisotopic (exact) mass is 381 g/mol. The van der Waals surface area contributed by atoms with E-state index in [-0.39, 0.29) is 18.5 Å². The second kappa shape index (κ2) is 7.37. The van der Waals surface area contributed by atoms with Crippen molar-refractivity contribution < 1.29 is 9.18 Å². The number of thioether (sulfide) groups is 1. The largest absolute Gasteiger partial charge is 0.342 e. The molecule has 1 aromatic heterocycles. The first kappa shape index (κ1) is 17.5. The average molecular weight is 381 g/mol. The van der Waals surface area contributed by atoms with E-state index in [2.05, 4.69) is 16.0 Å². The van der Waals surface area contributed by atoms with Gasteiger partial charge in [0.05, 0.1) is 18.5 Å². The Balaban J connectivity index is 1.56. The Morgan fingerprint density at radius 2 is 2.19 bits per heavy atom. The van der Waals surface area contributed by atoms with E-state index < -0.39 is 5.95 Å². The van der Waals surface area contributed by atoms with E-state index in [0.29, 0.717) is 18.3 Å². The first-order valence-electron chi connectivity index (χ1n) is 8.43. The molecule has 0 unspecified atom stereocenters. The predicted molar refractivity (Wildman–Crippen MR) is 103 cm³/mol. The topological polar surface area (TPSA) is 72.6 Å². The Hall–Kier alpha value is -2.92. The van der Waals surface area contributed by atoms with E-state index in [0.717, 1.165) is 22.4 Å². The number of hydrogen-bond acceptors (Lipinski definition) is 6. The molecule has 2 aliphatic rings. The van der Waals surface area contributed by atoms with E-state index in [9.17, 15) is 14.4 Å². The fraction of sp³-hybridized carbons (Fsp3) is 0.263. The van der Waals surface area contributed by atoms with E-state index in [1.54, 1.807) is 28.9 Å². The molecule has 1 fully saturated rings. The highest BCUT2D eigenvalue weighted by Crippen LogP contribution is 2.29. The van der Waals surface area contributed by atoms with E-state index >= 15 is 0 Å². The number of nitriles is 1. The van der Waals surface area contributed by atoms with Crippen molar-refractivity contribution in [2.45, 2.75) is 6.04 Å². The van der Waals surface area contributed by atoms with Crippen molar-refractivity contribution in [1.82, 2.24) is 9.88 Å². The number of nitrogens with zero attached hydrogens (tertiary/aromatic N) is 5. The molecule has 0 bridgehead atoms. The van der Waals surface area contributed by atoms with Crippen LogP contribution in [0.15, 0.2) is 41.5 Å². The number of benzene rings is 1. The summed E-state index contributed by atoms with van der Waals surface area (Å²) in [6, 6.07) is 10.7. The molecule has 3 heterocycles. The summed E-state index contributed by atoms with van der Waals surface area (Å²) in [7, 11) is 0. The Morgan fingerprint density at radius 1 is 1.33 bits per heavy atom. The number of pyridine rings is 1. The summed E-state index contributed by atoms with van der Waals surface area (Å²) in [5.41, 5.74) is 3.36. The van der Waals surface area contributed by atoms with Crippen molar-refractivity contribution >= 4 is 29.6 Å². The molecule has 1 amide bonds. The van der Waals surface area contributed by atoms with Crippen molar-refractivity contribution in [2.75, 3.05) is 29.7 Å². The third kappa shape index (κ3) is 3.51. The van der Waals surface area contributed by atoms with Gasteiger partial charge in [-0.25, -0.2) is 4.98 Å². The molecule has 1 atom stereocenters. The molecule has 1 aromatic carbocycles. The standard InChI is InChI=1S/C19H16FN5OS/c20-18-6-14(3-4-23-18)13-1-2-17-15(5-13)8-22-11-24(17)9-19(26)25-12-27-10-16(25)7-21/h1-6,8,16H,9-12H2/t16-/m1/s1. The van der Waals surface area contributed by atoms with Crippen LogP contribution in [0, 0.1) is 17.3 Å². The van der Waals surface area contributed by atoms with Crippen molar-refractivity contribution in [1.29, 1.82) is 5.26 Å². The lowest BCUT2D eigenvalue weighted by atomic mass is 10.0. The Kier molecular flexibility index (Phi) is 4.77. The lowest BCUT2D eigenvalue weighted by molar-refractivity contribution is -0.129. The van der Waals surface area contributed by atoms with Crippen LogP contribution in [0.2, 0.25) is 0 Å². The van der Waals surface area contributed by atoms with Gasteiger partial charge in [-0.2, -0.15) is 9.65 Å². The minimum Gasteiger partial charge on any atom is -0.342 e. The van der Waals surface area contributed by atoms with Gasteiger partial charge in [0.2, 0.25) is 11.9 Å². The zero-order valence-electron chi connectivity index (χ0n) is 14.4. The summed E-state index contributed by atoms with van der Waals surface area (Å²) in [5.74, 6) is 0.604. The van der Waals surface area contributed by atoms with Gasteiger partial charge in [-0.1, -0.05) is 6.07 Å². The van der Waals surface area contributed by atoms with E-state index in [1.165, 1.54) is 12.3 Å². The molecule has 4 rings (SSSR count). The van der Waals surface area contributed by atoms with E-state index in [1.807, 2.05) is 23.1 Å². The van der Waals surface area contributed by atoms with Gasteiger partial charge in [0, 0.05) is 35.5 Å². The quantitative estimate of drug-likeness (QED) is 0.764. The maximum Gasteiger partial charge on any atom is 0.243 e. The zero-order valence-corrected chi connectivity index (χ0v) is 15.2. The average Bonchev–Trinajstić information content (AvgIpc) is 3.17. The number of fused-ring (bicyclic) bond motifs is 1. The van der Waals surface area contributed by atoms with Gasteiger partial charge in [0.15, 0.2) is 0 Å². The smallest absolute Gasteiger partial charge is 0.243 e. The van der Waals surface area contributed by atoms with Gasteiger partial charge in [-0.3, -0.25) is 9.79 Å². The Morgan fingerprint density at radius 3 is 3.00 bits per heavy atom. The molecule has 0 saturated carbocycles. The number of hydrogen-bond donors (Lipinski definition) is 0. The number of anilines is 1. The summed E-state index contributed by atoms with van der Waals surface area (Å²) in [6.45, 7) is 0.562. The van der Waals surface area contributed by atoms with Crippen LogP contribution in [0.4, 0.5) is 10.1 Å². The molecule has 1 saturated heterocycles. The molecule has 0 N–H and O–H groups in total. The van der Waals surface area contributed by atoms with Crippen LogP contribution in [0.3, 0.4) is 0 Å². The second-order valence-electron chi connectivity index (χ2n) is 6.30. The SMILES string of the molecule is N#C[C@@H]1CSCN1C(=O)CN1CN=Cc2cc(-c3ccnc(F)c3)ccc21. The van der Waals surface area contributed by atoms with Crippen molar-refractivity contribution in [3.8, 4) is 17.2 Å². The number of aromatic nitrogens is 1. The highest BCUT2D eigenvalue weighted by Gasteiger charge is 2.30. The van der Waals surface area contributed by atoms with E-state index in [4.69, 9.17) is 0 Å². The first-order chi connectivity index (χ1) is 13.2. The highest BCUT2D eigenvalue weighted by atomic mass is 32.2. The lowest BCUT2D eigenvalue weighted by Crippen LogP contribution is -2.43. The molecular formula is C19H16FN5OS. The number of amides is 1. The molecule has 27 heavy (non-hydrogen) atoms. The minimum atomic E-state index is -0.526. The molecule has 0 aliphatic carbocycles. The van der Waals surface area contributed by atoms with Crippen LogP contribution >= 0.6 is 11.8 Å². The Labute approximate surface area is 160 Å². The molecule has 2 aliphatic heterocycles. The summed E-state index contributed by atoms with van der Waals surface area (Å²) >= 11 is 1.59. The summed E-state index contributed by atoms with van der Waals surface area (Å²) in [6.07, 6.45) is 3.20. The summed E-state index contributed by atoms with van der Waals surface area (Å²) in [5, 5.41) is 9.18. The fourth-order valence-electron chi connectivity index (χ4n) is 3.21. The van der Waals surface area contributed by atoms with Crippen molar-refractivity contribution in [2.24, 2.45) is 4.99 Å². The molecule has 8 heteroatoms. The summed E-state index contributed by atoms with van der Waals surface area (Å²) in [4.78, 5) is 24.1. The normalized spacial score (nSPS) is 18.3. The molecule has 0 radical (unpaired) electrons. The van der Waals surface area contributed by atoms with Gasteiger partial charge in [0.25, 0.3) is 0 Å². The van der Waals surface area contributed by atoms with Gasteiger partial charge in [-0.05, 0) is 29.3 Å². The van der Waals surface area contributed by atoms with Crippen LogP contribution in [0.1, 0.15) is 5.56 Å². The maximum absolute atomic E-state index is 13.4. The molecular weight excluding hydrogens is 365 g/mol. The summed E-state index contributed by atoms with van der Waals surface area (Å²) < 4.78 is 13.4. The van der Waals surface area contributed by atoms with Crippen LogP contribution < -0.4 is 4.90 Å². The molecule has 0 spiro atoms. The number of aliphatic imine (C=N–C) groups is 1. The number of carbonyl (C=O) groups excluding carboxylic acids is 1. The van der Waals surface area contributed by atoms with Gasteiger partial charge in [-0.15, -0.1) is 11.8 Å². The van der Waals surface area contributed by atoms with Crippen LogP contribution in [0.25, 0.3) is 11.1 Å². The Bertz CT molecular complexity index is 957. The minimum absolute atomic E-state index is 0.0742. The van der Waals surface area contributed by atoms with Gasteiger partial charge in [0.1, 0.15) is 12.7 Å². The zero-order chi connectivity index (χ0) is 18.8. The lowest BCUT2D eigenvalue weighted by Gasteiger charge is -2.29.